The van der Waals surface area contributed by atoms with Gasteiger partial charge in [-0.15, -0.1) is 0 Å². The molecule has 1 atom stereocenters. The van der Waals surface area contributed by atoms with E-state index < -0.39 is 0 Å². The zero-order valence-corrected chi connectivity index (χ0v) is 10.3. The minimum atomic E-state index is -0.305. The number of fused-ring (bicyclic) bond motifs is 1. The molecule has 0 fully saturated rings. The van der Waals surface area contributed by atoms with Crippen LogP contribution >= 0.6 is 0 Å². The molecule has 1 unspecified atom stereocenters. The van der Waals surface area contributed by atoms with Gasteiger partial charge in [-0.05, 0) is 25.0 Å². The Morgan fingerprint density at radius 1 is 1.41 bits per heavy atom. The number of carbonyl (C=O) groups excluding carboxylic acids is 2. The molecule has 90 valence electrons. The number of benzene rings is 1. The highest BCUT2D eigenvalue weighted by Crippen LogP contribution is 2.20. The summed E-state index contributed by atoms with van der Waals surface area (Å²) in [5, 5.41) is 0. The minimum absolute atomic E-state index is 0.0128. The van der Waals surface area contributed by atoms with Crippen molar-refractivity contribution in [1.82, 2.24) is 4.90 Å². The van der Waals surface area contributed by atoms with Gasteiger partial charge < -0.3 is 4.90 Å². The number of ketones is 1. The summed E-state index contributed by atoms with van der Waals surface area (Å²) in [6.45, 7) is 4.29. The Morgan fingerprint density at radius 2 is 2.12 bits per heavy atom. The molecular formula is C14H17NO2. The highest BCUT2D eigenvalue weighted by Gasteiger charge is 2.29. The average Bonchev–Trinajstić information content (AvgIpc) is 2.38. The van der Waals surface area contributed by atoms with Crippen molar-refractivity contribution in [2.75, 3.05) is 6.54 Å². The van der Waals surface area contributed by atoms with Crippen molar-refractivity contribution in [2.24, 2.45) is 0 Å². The van der Waals surface area contributed by atoms with Crippen LogP contribution in [0, 0.1) is 0 Å². The van der Waals surface area contributed by atoms with Gasteiger partial charge in [0.1, 0.15) is 0 Å². The first-order valence-electron chi connectivity index (χ1n) is 6.06. The Hall–Kier alpha value is -1.64. The van der Waals surface area contributed by atoms with Gasteiger partial charge in [-0.3, -0.25) is 9.59 Å². The quantitative estimate of drug-likeness (QED) is 0.798. The molecule has 3 heteroatoms. The lowest BCUT2D eigenvalue weighted by atomic mass is 9.97. The number of carbonyl (C=O) groups is 2. The average molecular weight is 231 g/mol. The first kappa shape index (κ1) is 11.8. The van der Waals surface area contributed by atoms with Crippen LogP contribution in [0.3, 0.4) is 0 Å². The molecule has 0 radical (unpaired) electrons. The maximum absolute atomic E-state index is 12.3. The molecule has 1 aliphatic rings. The van der Waals surface area contributed by atoms with E-state index in [-0.39, 0.29) is 17.7 Å². The molecule has 1 aliphatic heterocycles. The molecule has 0 N–H and O–H groups in total. The van der Waals surface area contributed by atoms with Gasteiger partial charge in [-0.25, -0.2) is 0 Å². The van der Waals surface area contributed by atoms with Crippen LogP contribution < -0.4 is 0 Å². The van der Waals surface area contributed by atoms with Crippen LogP contribution in [-0.4, -0.2) is 29.2 Å². The summed E-state index contributed by atoms with van der Waals surface area (Å²) in [5.74, 6) is 0.110. The van der Waals surface area contributed by atoms with E-state index in [1.165, 1.54) is 0 Å². The Bertz CT molecular complexity index is 453. The van der Waals surface area contributed by atoms with Crippen molar-refractivity contribution in [1.29, 1.82) is 0 Å². The second-order valence-corrected chi connectivity index (χ2v) is 4.40. The third kappa shape index (κ3) is 2.09. The normalized spacial score (nSPS) is 16.6. The van der Waals surface area contributed by atoms with Gasteiger partial charge in [-0.1, -0.05) is 25.1 Å². The predicted octanol–water partition coefficient (Wildman–Crippen LogP) is 2.05. The summed E-state index contributed by atoms with van der Waals surface area (Å²) in [6.07, 6.45) is 1.32. The van der Waals surface area contributed by atoms with Crippen molar-refractivity contribution in [2.45, 2.75) is 32.7 Å². The van der Waals surface area contributed by atoms with E-state index in [0.29, 0.717) is 13.0 Å². The van der Waals surface area contributed by atoms with Gasteiger partial charge in [0.05, 0.1) is 6.04 Å². The van der Waals surface area contributed by atoms with Gasteiger partial charge in [0.25, 0.3) is 5.91 Å². The maximum Gasteiger partial charge on any atom is 0.254 e. The Labute approximate surface area is 101 Å². The van der Waals surface area contributed by atoms with Crippen LogP contribution in [-0.2, 0) is 11.2 Å². The molecule has 0 spiro atoms. The molecule has 17 heavy (non-hydrogen) atoms. The molecule has 1 aromatic carbocycles. The molecule has 0 aromatic heterocycles. The first-order valence-corrected chi connectivity index (χ1v) is 6.06. The van der Waals surface area contributed by atoms with Crippen LogP contribution in [0.2, 0.25) is 0 Å². The van der Waals surface area contributed by atoms with Crippen molar-refractivity contribution < 1.29 is 9.59 Å². The summed E-state index contributed by atoms with van der Waals surface area (Å²) < 4.78 is 0. The molecule has 0 saturated carbocycles. The van der Waals surface area contributed by atoms with E-state index in [1.54, 1.807) is 4.90 Å². The summed E-state index contributed by atoms with van der Waals surface area (Å²) in [4.78, 5) is 25.6. The second kappa shape index (κ2) is 4.70. The van der Waals surface area contributed by atoms with Crippen LogP contribution in [0.5, 0.6) is 0 Å². The highest BCUT2D eigenvalue weighted by molar-refractivity contribution is 5.99. The van der Waals surface area contributed by atoms with E-state index in [2.05, 4.69) is 0 Å². The Morgan fingerprint density at radius 3 is 2.82 bits per heavy atom. The van der Waals surface area contributed by atoms with Gasteiger partial charge in [-0.2, -0.15) is 0 Å². The van der Waals surface area contributed by atoms with Gasteiger partial charge in [0, 0.05) is 18.5 Å². The molecule has 1 heterocycles. The van der Waals surface area contributed by atoms with Gasteiger partial charge in [0.15, 0.2) is 5.78 Å². The molecule has 2 rings (SSSR count). The van der Waals surface area contributed by atoms with E-state index in [4.69, 9.17) is 0 Å². The van der Waals surface area contributed by atoms with Crippen LogP contribution in [0.15, 0.2) is 24.3 Å². The molecular weight excluding hydrogens is 214 g/mol. The van der Waals surface area contributed by atoms with E-state index in [1.807, 2.05) is 38.1 Å². The van der Waals surface area contributed by atoms with Crippen LogP contribution in [0.1, 0.15) is 36.2 Å². The maximum atomic E-state index is 12.3. The van der Waals surface area contributed by atoms with Crippen molar-refractivity contribution in [3.8, 4) is 0 Å². The largest absolute Gasteiger partial charge is 0.329 e. The van der Waals surface area contributed by atoms with Crippen LogP contribution in [0.25, 0.3) is 0 Å². The topological polar surface area (TPSA) is 37.4 Å². The fourth-order valence-electron chi connectivity index (χ4n) is 2.28. The summed E-state index contributed by atoms with van der Waals surface area (Å²) in [6, 6.07) is 7.33. The minimum Gasteiger partial charge on any atom is -0.329 e. The smallest absolute Gasteiger partial charge is 0.254 e. The second-order valence-electron chi connectivity index (χ2n) is 4.40. The number of amides is 1. The van der Waals surface area contributed by atoms with Crippen molar-refractivity contribution >= 4 is 11.7 Å². The van der Waals surface area contributed by atoms with E-state index >= 15 is 0 Å². The Balaban J connectivity index is 2.26. The summed E-state index contributed by atoms with van der Waals surface area (Å²) in [5.41, 5.74) is 1.83. The summed E-state index contributed by atoms with van der Waals surface area (Å²) >= 11 is 0. The molecule has 3 nitrogen and oxygen atoms in total. The van der Waals surface area contributed by atoms with Crippen molar-refractivity contribution in [3.05, 3.63) is 35.4 Å². The number of hydrogen-bond acceptors (Lipinski definition) is 2. The fourth-order valence-corrected chi connectivity index (χ4v) is 2.28. The SMILES string of the molecule is CCC(=O)C(C)N1CCc2ccccc2C1=O. The van der Waals surface area contributed by atoms with Gasteiger partial charge in [0.2, 0.25) is 0 Å². The lowest BCUT2D eigenvalue weighted by molar-refractivity contribution is -0.122. The molecule has 1 aromatic rings. The number of rotatable bonds is 3. The first-order chi connectivity index (χ1) is 8.15. The number of nitrogens with zero attached hydrogens (tertiary/aromatic N) is 1. The summed E-state index contributed by atoms with van der Waals surface area (Å²) in [7, 11) is 0. The zero-order chi connectivity index (χ0) is 12.4. The molecule has 0 saturated heterocycles. The predicted molar refractivity (Wildman–Crippen MR) is 65.9 cm³/mol. The molecule has 0 bridgehead atoms. The zero-order valence-electron chi connectivity index (χ0n) is 10.3. The lowest BCUT2D eigenvalue weighted by Gasteiger charge is -2.32. The number of Topliss-reactive ketones (excluding diaryl/α,β-unsaturated/α-hetero) is 1. The molecule has 1 amide bonds. The number of hydrogen-bond donors (Lipinski definition) is 0. The monoisotopic (exact) mass is 231 g/mol. The molecule has 0 aliphatic carbocycles. The fraction of sp³-hybridized carbons (Fsp3) is 0.429. The lowest BCUT2D eigenvalue weighted by Crippen LogP contribution is -2.46. The highest BCUT2D eigenvalue weighted by atomic mass is 16.2. The van der Waals surface area contributed by atoms with E-state index in [9.17, 15) is 9.59 Å². The third-order valence-electron chi connectivity index (χ3n) is 3.41. The standard InChI is InChI=1S/C14H17NO2/c1-3-13(16)10(2)15-9-8-11-6-4-5-7-12(11)14(15)17/h4-7,10H,3,8-9H2,1-2H3. The van der Waals surface area contributed by atoms with Gasteiger partial charge >= 0.3 is 0 Å². The van der Waals surface area contributed by atoms with Crippen LogP contribution in [0.4, 0.5) is 0 Å². The van der Waals surface area contributed by atoms with E-state index in [0.717, 1.165) is 17.5 Å². The third-order valence-corrected chi connectivity index (χ3v) is 3.41. The van der Waals surface area contributed by atoms with Crippen molar-refractivity contribution in [3.63, 3.8) is 0 Å². The Kier molecular flexibility index (Phi) is 3.27.